The molecule has 0 aliphatic rings. The molecule has 0 amide bonds. The Morgan fingerprint density at radius 3 is 2.70 bits per heavy atom. The van der Waals surface area contributed by atoms with E-state index in [1.54, 1.807) is 12.1 Å². The third-order valence-corrected chi connectivity index (χ3v) is 4.36. The second-order valence-corrected chi connectivity index (χ2v) is 6.58. The minimum absolute atomic E-state index is 0.0826. The third kappa shape index (κ3) is 3.39. The van der Waals surface area contributed by atoms with Gasteiger partial charge in [-0.15, -0.1) is 0 Å². The molecule has 5 nitrogen and oxygen atoms in total. The number of anilines is 1. The van der Waals surface area contributed by atoms with E-state index in [9.17, 15) is 13.2 Å². The summed E-state index contributed by atoms with van der Waals surface area (Å²) in [6.45, 7) is 3.74. The number of fused-ring (bicyclic) bond motifs is 1. The van der Waals surface area contributed by atoms with Crippen LogP contribution in [0.3, 0.4) is 0 Å². The lowest BCUT2D eigenvalue weighted by molar-refractivity contribution is 0.560. The van der Waals surface area contributed by atoms with Crippen LogP contribution in [0, 0.1) is 6.92 Å². The molecule has 0 aliphatic heterocycles. The SMILES string of the molecule is CCCCS(=O)(=O)Nc1ccc2c(C)cc(=O)oc2c1. The van der Waals surface area contributed by atoms with Crippen molar-refractivity contribution in [3.05, 3.63) is 40.2 Å². The lowest BCUT2D eigenvalue weighted by Crippen LogP contribution is -2.16. The zero-order chi connectivity index (χ0) is 14.8. The van der Waals surface area contributed by atoms with Crippen molar-refractivity contribution >= 4 is 26.7 Å². The van der Waals surface area contributed by atoms with Crippen molar-refractivity contribution in [1.29, 1.82) is 0 Å². The Morgan fingerprint density at radius 1 is 1.25 bits per heavy atom. The van der Waals surface area contributed by atoms with Gasteiger partial charge in [-0.3, -0.25) is 4.72 Å². The van der Waals surface area contributed by atoms with Gasteiger partial charge in [0.25, 0.3) is 0 Å². The Kier molecular flexibility index (Phi) is 4.13. The molecule has 0 spiro atoms. The van der Waals surface area contributed by atoms with Crippen molar-refractivity contribution in [1.82, 2.24) is 0 Å². The fourth-order valence-corrected chi connectivity index (χ4v) is 3.21. The van der Waals surface area contributed by atoms with Gasteiger partial charge >= 0.3 is 5.63 Å². The number of hydrogen-bond donors (Lipinski definition) is 1. The average Bonchev–Trinajstić information content (AvgIpc) is 2.35. The number of aryl methyl sites for hydroxylation is 1. The maximum Gasteiger partial charge on any atom is 0.336 e. The van der Waals surface area contributed by atoms with Gasteiger partial charge in [0.15, 0.2) is 0 Å². The molecule has 0 unspecified atom stereocenters. The molecule has 6 heteroatoms. The molecular formula is C14H17NO4S. The van der Waals surface area contributed by atoms with Crippen molar-refractivity contribution in [2.75, 3.05) is 10.5 Å². The summed E-state index contributed by atoms with van der Waals surface area (Å²) in [7, 11) is -3.36. The Morgan fingerprint density at radius 2 is 2.00 bits per heavy atom. The van der Waals surface area contributed by atoms with E-state index in [-0.39, 0.29) is 5.75 Å². The van der Waals surface area contributed by atoms with E-state index in [0.29, 0.717) is 17.7 Å². The topological polar surface area (TPSA) is 76.4 Å². The number of nitrogens with one attached hydrogen (secondary N) is 1. The number of hydrogen-bond acceptors (Lipinski definition) is 4. The van der Waals surface area contributed by atoms with E-state index in [4.69, 9.17) is 4.42 Å². The van der Waals surface area contributed by atoms with Gasteiger partial charge < -0.3 is 4.42 Å². The predicted octanol–water partition coefficient (Wildman–Crippen LogP) is 2.64. The number of unbranched alkanes of at least 4 members (excludes halogenated alkanes) is 1. The lowest BCUT2D eigenvalue weighted by atomic mass is 10.1. The number of rotatable bonds is 5. The first-order chi connectivity index (χ1) is 9.41. The molecular weight excluding hydrogens is 278 g/mol. The van der Waals surface area contributed by atoms with Crippen LogP contribution < -0.4 is 10.3 Å². The zero-order valence-electron chi connectivity index (χ0n) is 11.5. The second-order valence-electron chi connectivity index (χ2n) is 4.73. The molecule has 1 aromatic heterocycles. The molecule has 0 bridgehead atoms. The molecule has 1 aromatic carbocycles. The van der Waals surface area contributed by atoms with Gasteiger partial charge in [0, 0.05) is 17.5 Å². The van der Waals surface area contributed by atoms with Crippen LogP contribution in [0.25, 0.3) is 11.0 Å². The van der Waals surface area contributed by atoms with Crippen LogP contribution in [0.1, 0.15) is 25.3 Å². The fraction of sp³-hybridized carbons (Fsp3) is 0.357. The highest BCUT2D eigenvalue weighted by atomic mass is 32.2. The molecule has 20 heavy (non-hydrogen) atoms. The molecule has 0 saturated heterocycles. The standard InChI is InChI=1S/C14H17NO4S/c1-3-4-7-20(17,18)15-11-5-6-12-10(2)8-14(16)19-13(12)9-11/h5-6,8-9,15H,3-4,7H2,1-2H3. The van der Waals surface area contributed by atoms with E-state index in [2.05, 4.69) is 4.72 Å². The van der Waals surface area contributed by atoms with Crippen molar-refractivity contribution in [3.8, 4) is 0 Å². The van der Waals surface area contributed by atoms with Gasteiger partial charge in [-0.05, 0) is 31.0 Å². The van der Waals surface area contributed by atoms with E-state index in [1.165, 1.54) is 12.1 Å². The Labute approximate surface area is 117 Å². The van der Waals surface area contributed by atoms with Gasteiger partial charge in [0.2, 0.25) is 10.0 Å². The number of benzene rings is 1. The summed E-state index contributed by atoms with van der Waals surface area (Å²) in [6.07, 6.45) is 1.42. The van der Waals surface area contributed by atoms with E-state index in [1.807, 2.05) is 13.8 Å². The van der Waals surface area contributed by atoms with Crippen molar-refractivity contribution < 1.29 is 12.8 Å². The first-order valence-electron chi connectivity index (χ1n) is 6.46. The predicted molar refractivity (Wildman–Crippen MR) is 79.5 cm³/mol. The minimum Gasteiger partial charge on any atom is -0.423 e. The summed E-state index contributed by atoms with van der Waals surface area (Å²) >= 11 is 0. The summed E-state index contributed by atoms with van der Waals surface area (Å²) < 4.78 is 31.2. The average molecular weight is 295 g/mol. The summed E-state index contributed by atoms with van der Waals surface area (Å²) in [4.78, 5) is 11.3. The normalized spacial score (nSPS) is 11.7. The highest BCUT2D eigenvalue weighted by molar-refractivity contribution is 7.92. The molecule has 0 saturated carbocycles. The Hall–Kier alpha value is -1.82. The van der Waals surface area contributed by atoms with E-state index in [0.717, 1.165) is 17.4 Å². The molecule has 0 atom stereocenters. The Balaban J connectivity index is 2.35. The molecule has 0 fully saturated rings. The monoisotopic (exact) mass is 295 g/mol. The quantitative estimate of drug-likeness (QED) is 0.860. The zero-order valence-corrected chi connectivity index (χ0v) is 12.3. The van der Waals surface area contributed by atoms with Gasteiger partial charge in [-0.2, -0.15) is 0 Å². The van der Waals surface area contributed by atoms with Crippen LogP contribution >= 0.6 is 0 Å². The maximum absolute atomic E-state index is 11.8. The van der Waals surface area contributed by atoms with Crippen molar-refractivity contribution in [2.24, 2.45) is 0 Å². The van der Waals surface area contributed by atoms with Gasteiger partial charge in [-0.25, -0.2) is 13.2 Å². The van der Waals surface area contributed by atoms with Crippen LogP contribution in [0.15, 0.2) is 33.5 Å². The van der Waals surface area contributed by atoms with Crippen molar-refractivity contribution in [2.45, 2.75) is 26.7 Å². The molecule has 1 N–H and O–H groups in total. The van der Waals surface area contributed by atoms with Crippen LogP contribution in [0.2, 0.25) is 0 Å². The second kappa shape index (κ2) is 5.66. The number of sulfonamides is 1. The lowest BCUT2D eigenvalue weighted by Gasteiger charge is -2.08. The molecule has 2 aromatic rings. The largest absolute Gasteiger partial charge is 0.423 e. The van der Waals surface area contributed by atoms with E-state index >= 15 is 0 Å². The summed E-state index contributed by atoms with van der Waals surface area (Å²) in [5.74, 6) is 0.0826. The summed E-state index contributed by atoms with van der Waals surface area (Å²) in [5, 5.41) is 0.793. The van der Waals surface area contributed by atoms with Gasteiger partial charge in [-0.1, -0.05) is 13.3 Å². The minimum atomic E-state index is -3.36. The van der Waals surface area contributed by atoms with Gasteiger partial charge in [0.1, 0.15) is 5.58 Å². The maximum atomic E-state index is 11.8. The fourth-order valence-electron chi connectivity index (χ4n) is 1.95. The van der Waals surface area contributed by atoms with Crippen LogP contribution in [-0.2, 0) is 10.0 Å². The Bertz CT molecular complexity index is 777. The molecule has 0 radical (unpaired) electrons. The smallest absolute Gasteiger partial charge is 0.336 e. The first-order valence-corrected chi connectivity index (χ1v) is 8.11. The molecule has 2 rings (SSSR count). The van der Waals surface area contributed by atoms with Crippen LogP contribution in [0.4, 0.5) is 5.69 Å². The highest BCUT2D eigenvalue weighted by Crippen LogP contribution is 2.21. The van der Waals surface area contributed by atoms with E-state index < -0.39 is 15.6 Å². The van der Waals surface area contributed by atoms with Crippen LogP contribution in [-0.4, -0.2) is 14.2 Å². The first kappa shape index (κ1) is 14.6. The summed E-state index contributed by atoms with van der Waals surface area (Å²) in [5.41, 5.74) is 1.14. The van der Waals surface area contributed by atoms with Gasteiger partial charge in [0.05, 0.1) is 11.4 Å². The molecule has 1 heterocycles. The third-order valence-electron chi connectivity index (χ3n) is 2.99. The highest BCUT2D eigenvalue weighted by Gasteiger charge is 2.11. The van der Waals surface area contributed by atoms with Crippen LogP contribution in [0.5, 0.6) is 0 Å². The molecule has 108 valence electrons. The molecule has 0 aliphatic carbocycles. The van der Waals surface area contributed by atoms with Crippen molar-refractivity contribution in [3.63, 3.8) is 0 Å². The summed E-state index contributed by atoms with van der Waals surface area (Å²) in [6, 6.07) is 6.35.